The molecular formula is C45H63ClN2O5. The number of aliphatic carboxylic acids is 1. The molecule has 8 heteroatoms. The number of fused-ring (bicyclic) bond motifs is 7. The van der Waals surface area contributed by atoms with E-state index in [2.05, 4.69) is 60.2 Å². The topological polar surface area (TPSA) is 90.5 Å². The zero-order chi connectivity index (χ0) is 38.7. The largest absolute Gasteiger partial charge is 0.481 e. The normalized spacial score (nSPS) is 36.4. The molecule has 1 N–H and O–H groups in total. The van der Waals surface area contributed by atoms with Crippen LogP contribution >= 0.6 is 11.6 Å². The van der Waals surface area contributed by atoms with Crippen LogP contribution in [0.2, 0.25) is 5.02 Å². The van der Waals surface area contributed by atoms with Gasteiger partial charge in [-0.25, -0.2) is 4.68 Å². The van der Waals surface area contributed by atoms with Crippen molar-refractivity contribution in [1.82, 2.24) is 9.36 Å². The second-order valence-corrected chi connectivity index (χ2v) is 20.6. The predicted octanol–water partition coefficient (Wildman–Crippen LogP) is 10.3. The molecule has 53 heavy (non-hydrogen) atoms. The van der Waals surface area contributed by atoms with Crippen LogP contribution in [0.3, 0.4) is 0 Å². The van der Waals surface area contributed by atoms with Gasteiger partial charge in [0.25, 0.3) is 5.56 Å². The van der Waals surface area contributed by atoms with Crippen molar-refractivity contribution in [2.45, 2.75) is 144 Å². The van der Waals surface area contributed by atoms with Crippen molar-refractivity contribution >= 4 is 23.5 Å². The summed E-state index contributed by atoms with van der Waals surface area (Å²) < 4.78 is 10.2. The Morgan fingerprint density at radius 1 is 0.925 bits per heavy atom. The quantitative estimate of drug-likeness (QED) is 0.225. The first-order chi connectivity index (χ1) is 24.6. The Balaban J connectivity index is 1.22. The van der Waals surface area contributed by atoms with Crippen LogP contribution in [-0.4, -0.2) is 32.5 Å². The molecule has 0 unspecified atom stereocenters. The van der Waals surface area contributed by atoms with Crippen molar-refractivity contribution in [2.24, 2.45) is 57.8 Å². The zero-order valence-electron chi connectivity index (χ0n) is 33.9. The van der Waals surface area contributed by atoms with Gasteiger partial charge in [0.2, 0.25) is 0 Å². The Labute approximate surface area is 321 Å². The lowest BCUT2D eigenvalue weighted by atomic mass is 9.33. The lowest BCUT2D eigenvalue weighted by Gasteiger charge is -2.72. The van der Waals surface area contributed by atoms with Gasteiger partial charge < -0.3 is 9.84 Å². The molecule has 5 aliphatic carbocycles. The number of allylic oxidation sites excluding steroid dienone is 2. The number of carbonyl (C=O) groups excluding carboxylic acids is 1. The van der Waals surface area contributed by atoms with Crippen molar-refractivity contribution in [3.63, 3.8) is 0 Å². The molecule has 7 nitrogen and oxygen atoms in total. The van der Waals surface area contributed by atoms with Gasteiger partial charge in [0.15, 0.2) is 0 Å². The van der Waals surface area contributed by atoms with Crippen LogP contribution in [0.25, 0.3) is 5.69 Å². The molecule has 0 saturated heterocycles. The highest BCUT2D eigenvalue weighted by Gasteiger charge is 2.70. The highest BCUT2D eigenvalue weighted by atomic mass is 35.5. The second-order valence-electron chi connectivity index (χ2n) is 20.2. The smallest absolute Gasteiger partial charge is 0.309 e. The fourth-order valence-electron chi connectivity index (χ4n) is 13.7. The zero-order valence-corrected chi connectivity index (χ0v) is 34.7. The maximum atomic E-state index is 13.8. The number of nitrogens with zero attached hydrogens (tertiary/aromatic N) is 2. The SMILES string of the molecule is CC(C)C1=C2[C@H]3CC[C@@H]4[C@@]5(C)CC[C@H](OC(=O)CC(C)(C)C(=O)O)C(C)(C)[C@@H]5CC[C@@]4(C)[C@]3(C)CC[C@@]2(c2cc(=O)n(-c3ccc(Cl)cc3)n2C)CC1. The lowest BCUT2D eigenvalue weighted by Crippen LogP contribution is -2.66. The third kappa shape index (κ3) is 5.50. The Kier molecular flexibility index (Phi) is 9.16. The van der Waals surface area contributed by atoms with Crippen molar-refractivity contribution in [2.75, 3.05) is 0 Å². The van der Waals surface area contributed by atoms with E-state index in [0.29, 0.717) is 28.7 Å². The van der Waals surface area contributed by atoms with E-state index in [-0.39, 0.29) is 45.2 Å². The minimum Gasteiger partial charge on any atom is -0.481 e. The average molecular weight is 747 g/mol. The van der Waals surface area contributed by atoms with Crippen LogP contribution in [-0.2, 0) is 26.8 Å². The summed E-state index contributed by atoms with van der Waals surface area (Å²) in [5, 5.41) is 10.3. The van der Waals surface area contributed by atoms with Gasteiger partial charge >= 0.3 is 11.9 Å². The van der Waals surface area contributed by atoms with Gasteiger partial charge in [-0.05, 0) is 142 Å². The number of carbonyl (C=O) groups is 2. The van der Waals surface area contributed by atoms with Gasteiger partial charge in [-0.15, -0.1) is 0 Å². The summed E-state index contributed by atoms with van der Waals surface area (Å²) in [6.07, 6.45) is 10.5. The van der Waals surface area contributed by atoms with E-state index in [4.69, 9.17) is 16.3 Å². The van der Waals surface area contributed by atoms with Gasteiger partial charge in [0.1, 0.15) is 6.10 Å². The number of ether oxygens (including phenoxy) is 1. The highest BCUT2D eigenvalue weighted by Crippen LogP contribution is 2.77. The fourth-order valence-corrected chi connectivity index (χ4v) is 13.9. The Hall–Kier alpha value is -2.80. The monoisotopic (exact) mass is 746 g/mol. The first-order valence-corrected chi connectivity index (χ1v) is 20.7. The predicted molar refractivity (Wildman–Crippen MR) is 210 cm³/mol. The molecule has 5 aliphatic rings. The molecule has 8 atom stereocenters. The maximum Gasteiger partial charge on any atom is 0.309 e. The van der Waals surface area contributed by atoms with Crippen LogP contribution < -0.4 is 5.56 Å². The fraction of sp³-hybridized carbons (Fsp3) is 0.711. The summed E-state index contributed by atoms with van der Waals surface area (Å²) in [6.45, 7) is 20.4. The third-order valence-corrected chi connectivity index (χ3v) is 17.0. The van der Waals surface area contributed by atoms with E-state index in [1.807, 2.05) is 35.0 Å². The molecule has 1 aromatic heterocycles. The molecule has 0 amide bonds. The summed E-state index contributed by atoms with van der Waals surface area (Å²) in [5.41, 5.74) is 4.20. The summed E-state index contributed by atoms with van der Waals surface area (Å²) in [4.78, 5) is 38.7. The number of esters is 1. The first-order valence-electron chi connectivity index (χ1n) is 20.4. The molecule has 0 aliphatic heterocycles. The van der Waals surface area contributed by atoms with E-state index in [9.17, 15) is 19.5 Å². The standard InChI is InChI=1S/C45H63ClN2O5/c1-27(2)30-17-22-45(34-25-36(49)48(47(34)10)29-13-11-28(46)12-14-29)24-23-43(8)31(38(30)45)15-16-33-42(7)20-19-35(53-37(50)26-40(3,4)39(51)52)41(5,6)32(42)18-21-44(33,43)9/h11-14,25,27,31-33,35H,15-24,26H2,1-10H3,(H,51,52)/t31-,32+,33-,35+,42+,43-,44-,45-/m1/s1. The van der Waals surface area contributed by atoms with Gasteiger partial charge in [0, 0.05) is 29.0 Å². The van der Waals surface area contributed by atoms with Crippen LogP contribution in [0.15, 0.2) is 46.3 Å². The molecule has 4 fully saturated rings. The van der Waals surface area contributed by atoms with Gasteiger partial charge in [-0.1, -0.05) is 71.2 Å². The molecule has 0 spiro atoms. The lowest BCUT2D eigenvalue weighted by molar-refractivity contribution is -0.232. The van der Waals surface area contributed by atoms with Crippen molar-refractivity contribution < 1.29 is 19.4 Å². The molecule has 0 bridgehead atoms. The van der Waals surface area contributed by atoms with Crippen molar-refractivity contribution in [1.29, 1.82) is 0 Å². The highest BCUT2D eigenvalue weighted by molar-refractivity contribution is 6.30. The molecule has 1 heterocycles. The van der Waals surface area contributed by atoms with Crippen LogP contribution in [0.5, 0.6) is 0 Å². The van der Waals surface area contributed by atoms with E-state index in [1.54, 1.807) is 25.0 Å². The molecular weight excluding hydrogens is 684 g/mol. The molecule has 7 rings (SSSR count). The van der Waals surface area contributed by atoms with E-state index < -0.39 is 17.4 Å². The summed E-state index contributed by atoms with van der Waals surface area (Å²) in [6, 6.07) is 9.53. The van der Waals surface area contributed by atoms with E-state index >= 15 is 0 Å². The molecule has 2 aromatic rings. The number of carboxylic acid groups (broad SMARTS) is 1. The maximum absolute atomic E-state index is 13.8. The minimum absolute atomic E-state index is 0.0151. The number of halogens is 1. The molecule has 290 valence electrons. The van der Waals surface area contributed by atoms with Gasteiger partial charge in [-0.3, -0.25) is 19.1 Å². The molecule has 0 radical (unpaired) electrons. The number of rotatable bonds is 7. The second kappa shape index (κ2) is 12.6. The Bertz CT molecular complexity index is 1900. The van der Waals surface area contributed by atoms with Gasteiger partial charge in [0.05, 0.1) is 23.2 Å². The minimum atomic E-state index is -1.15. The van der Waals surface area contributed by atoms with Crippen LogP contribution in [0.1, 0.15) is 139 Å². The van der Waals surface area contributed by atoms with Crippen LogP contribution in [0, 0.1) is 50.7 Å². The van der Waals surface area contributed by atoms with E-state index in [1.165, 1.54) is 12.8 Å². The van der Waals surface area contributed by atoms with E-state index in [0.717, 1.165) is 62.7 Å². The number of aromatic nitrogens is 2. The Morgan fingerprint density at radius 2 is 1.60 bits per heavy atom. The summed E-state index contributed by atoms with van der Waals surface area (Å²) >= 11 is 6.24. The first kappa shape index (κ1) is 38.5. The third-order valence-electron chi connectivity index (χ3n) is 16.7. The molecule has 1 aromatic carbocycles. The Morgan fingerprint density at radius 3 is 2.25 bits per heavy atom. The number of benzene rings is 1. The number of carboxylic acids is 1. The molecule has 4 saturated carbocycles. The number of hydrogen-bond acceptors (Lipinski definition) is 4. The average Bonchev–Trinajstić information content (AvgIpc) is 3.60. The van der Waals surface area contributed by atoms with Crippen molar-refractivity contribution in [3.8, 4) is 5.69 Å². The van der Waals surface area contributed by atoms with Gasteiger partial charge in [-0.2, -0.15) is 0 Å². The number of hydrogen-bond donors (Lipinski definition) is 1. The summed E-state index contributed by atoms with van der Waals surface area (Å²) in [7, 11) is 2.07. The summed E-state index contributed by atoms with van der Waals surface area (Å²) in [5.74, 6) is 0.524. The van der Waals surface area contributed by atoms with Crippen LogP contribution in [0.4, 0.5) is 0 Å². The van der Waals surface area contributed by atoms with Crippen molar-refractivity contribution in [3.05, 3.63) is 62.5 Å².